The number of hydrogen-bond donors (Lipinski definition) is 2. The van der Waals surface area contributed by atoms with Crippen LogP contribution in [0, 0.1) is 0 Å². The first-order valence-electron chi connectivity index (χ1n) is 6.67. The van der Waals surface area contributed by atoms with Gasteiger partial charge in [-0.3, -0.25) is 10.6 Å². The second-order valence-corrected chi connectivity index (χ2v) is 4.90. The van der Waals surface area contributed by atoms with Gasteiger partial charge in [-0.25, -0.2) is 0 Å². The number of carbonyl (C=O) groups is 1. The van der Waals surface area contributed by atoms with Gasteiger partial charge in [-0.1, -0.05) is 11.6 Å². The minimum atomic E-state index is -0.140. The van der Waals surface area contributed by atoms with Crippen LogP contribution in [0.2, 0.25) is 5.02 Å². The summed E-state index contributed by atoms with van der Waals surface area (Å²) in [6, 6.07) is 4.96. The fourth-order valence-corrected chi connectivity index (χ4v) is 2.08. The summed E-state index contributed by atoms with van der Waals surface area (Å²) in [6.45, 7) is 2.13. The van der Waals surface area contributed by atoms with Crippen molar-refractivity contribution >= 4 is 23.2 Å². The summed E-state index contributed by atoms with van der Waals surface area (Å²) < 4.78 is 10.1. The van der Waals surface area contributed by atoms with Crippen LogP contribution >= 0.6 is 11.6 Å². The number of rotatable bonds is 9. The molecule has 1 rings (SSSR count). The van der Waals surface area contributed by atoms with Gasteiger partial charge in [0.2, 0.25) is 0 Å². The van der Waals surface area contributed by atoms with Crippen LogP contribution in [0.1, 0.15) is 16.8 Å². The highest BCUT2D eigenvalue weighted by Crippen LogP contribution is 2.21. The molecule has 0 heterocycles. The topological polar surface area (TPSA) is 76.8 Å². The molecule has 21 heavy (non-hydrogen) atoms. The zero-order valence-electron chi connectivity index (χ0n) is 12.4. The van der Waals surface area contributed by atoms with Crippen LogP contribution in [0.15, 0.2) is 18.2 Å². The average Bonchev–Trinajstić information content (AvgIpc) is 2.50. The van der Waals surface area contributed by atoms with Crippen LogP contribution in [0.4, 0.5) is 5.69 Å². The number of amides is 1. The number of anilines is 1. The molecule has 0 atom stereocenters. The van der Waals surface area contributed by atoms with Crippen LogP contribution in [0.25, 0.3) is 0 Å². The molecule has 0 aliphatic heterocycles. The van der Waals surface area contributed by atoms with Gasteiger partial charge in [0.25, 0.3) is 5.91 Å². The predicted octanol–water partition coefficient (Wildman–Crippen LogP) is 1.75. The summed E-state index contributed by atoms with van der Waals surface area (Å²) in [4.78, 5) is 14.4. The van der Waals surface area contributed by atoms with Crippen molar-refractivity contribution in [1.29, 1.82) is 0 Å². The second-order valence-electron chi connectivity index (χ2n) is 4.47. The first kappa shape index (κ1) is 17.7. The number of methoxy groups -OCH3 is 2. The van der Waals surface area contributed by atoms with E-state index in [4.69, 9.17) is 26.9 Å². The Morgan fingerprint density at radius 1 is 1.29 bits per heavy atom. The number of hydrogen-bond acceptors (Lipinski definition) is 5. The molecule has 0 saturated heterocycles. The lowest BCUT2D eigenvalue weighted by Crippen LogP contribution is -2.35. The number of benzene rings is 1. The summed E-state index contributed by atoms with van der Waals surface area (Å²) in [5, 5.41) is 0.487. The molecule has 0 spiro atoms. The molecule has 1 aromatic rings. The summed E-state index contributed by atoms with van der Waals surface area (Å²) in [7, 11) is 3.23. The third-order valence-corrected chi connectivity index (χ3v) is 3.23. The predicted molar refractivity (Wildman–Crippen MR) is 83.5 cm³/mol. The molecule has 1 aromatic carbocycles. The highest BCUT2D eigenvalue weighted by molar-refractivity contribution is 6.31. The van der Waals surface area contributed by atoms with Gasteiger partial charge in [0, 0.05) is 38.9 Å². The van der Waals surface area contributed by atoms with E-state index >= 15 is 0 Å². The molecule has 0 aliphatic carbocycles. The van der Waals surface area contributed by atoms with E-state index in [9.17, 15) is 4.79 Å². The van der Waals surface area contributed by atoms with Gasteiger partial charge in [0.1, 0.15) is 0 Å². The summed E-state index contributed by atoms with van der Waals surface area (Å²) in [5.41, 5.74) is 3.50. The minimum Gasteiger partial charge on any atom is -0.385 e. The molecule has 0 aliphatic rings. The number of carbonyl (C=O) groups excluding carboxylic acids is 1. The smallest absolute Gasteiger partial charge is 0.256 e. The van der Waals surface area contributed by atoms with E-state index in [1.165, 1.54) is 0 Å². The van der Waals surface area contributed by atoms with E-state index in [-0.39, 0.29) is 5.91 Å². The van der Waals surface area contributed by atoms with Gasteiger partial charge < -0.3 is 19.8 Å². The maximum atomic E-state index is 12.7. The molecule has 0 radical (unpaired) electrons. The number of nitrogen functional groups attached to an aromatic ring is 1. The Morgan fingerprint density at radius 3 is 2.62 bits per heavy atom. The average molecular weight is 316 g/mol. The number of nitrogens with one attached hydrogen (secondary N) is 1. The van der Waals surface area contributed by atoms with Gasteiger partial charge in [-0.2, -0.15) is 0 Å². The van der Waals surface area contributed by atoms with Crippen LogP contribution in [0.5, 0.6) is 0 Å². The fourth-order valence-electron chi connectivity index (χ4n) is 1.91. The van der Waals surface area contributed by atoms with E-state index in [1.54, 1.807) is 37.3 Å². The summed E-state index contributed by atoms with van der Waals surface area (Å²) >= 11 is 5.97. The molecular formula is C14H22ClN3O3. The van der Waals surface area contributed by atoms with Crippen molar-refractivity contribution in [2.75, 3.05) is 45.9 Å². The van der Waals surface area contributed by atoms with Crippen LogP contribution in [-0.2, 0) is 9.47 Å². The largest absolute Gasteiger partial charge is 0.385 e. The number of halogens is 1. The van der Waals surface area contributed by atoms with Gasteiger partial charge >= 0.3 is 0 Å². The third kappa shape index (κ3) is 5.51. The Kier molecular flexibility index (Phi) is 8.07. The highest BCUT2D eigenvalue weighted by atomic mass is 35.5. The van der Waals surface area contributed by atoms with Gasteiger partial charge in [-0.05, 0) is 24.6 Å². The molecule has 3 N–H and O–H groups in total. The molecule has 6 nitrogen and oxygen atoms in total. The van der Waals surface area contributed by atoms with Gasteiger partial charge in [-0.15, -0.1) is 0 Å². The Balaban J connectivity index is 2.89. The Hall–Kier alpha value is -1.34. The lowest BCUT2D eigenvalue weighted by molar-refractivity contribution is 0.0675. The maximum absolute atomic E-state index is 12.7. The molecule has 0 unspecified atom stereocenters. The Labute approximate surface area is 130 Å². The lowest BCUT2D eigenvalue weighted by Gasteiger charge is -2.23. The zero-order valence-corrected chi connectivity index (χ0v) is 13.2. The second kappa shape index (κ2) is 9.57. The number of hydrazine groups is 1. The fraction of sp³-hybridized carbons (Fsp3) is 0.500. The number of nitrogens with zero attached hydrogens (tertiary/aromatic N) is 1. The molecule has 0 aromatic heterocycles. The van der Waals surface area contributed by atoms with Crippen molar-refractivity contribution in [1.82, 2.24) is 4.90 Å². The van der Waals surface area contributed by atoms with Gasteiger partial charge in [0.15, 0.2) is 0 Å². The Morgan fingerprint density at radius 2 is 2.00 bits per heavy atom. The molecule has 0 saturated carbocycles. The molecular weight excluding hydrogens is 294 g/mol. The van der Waals surface area contributed by atoms with E-state index in [0.29, 0.717) is 42.6 Å². The van der Waals surface area contributed by atoms with Crippen molar-refractivity contribution in [3.05, 3.63) is 28.8 Å². The molecule has 1 amide bonds. The quantitative estimate of drug-likeness (QED) is 0.412. The molecule has 7 heteroatoms. The monoisotopic (exact) mass is 315 g/mol. The third-order valence-electron chi connectivity index (χ3n) is 3.00. The minimum absolute atomic E-state index is 0.140. The summed E-state index contributed by atoms with van der Waals surface area (Å²) in [5.74, 6) is 5.31. The maximum Gasteiger partial charge on any atom is 0.256 e. The van der Waals surface area contributed by atoms with Crippen molar-refractivity contribution in [3.8, 4) is 0 Å². The van der Waals surface area contributed by atoms with Crippen molar-refractivity contribution in [2.24, 2.45) is 5.84 Å². The number of ether oxygens (including phenoxy) is 2. The van der Waals surface area contributed by atoms with E-state index in [2.05, 4.69) is 5.43 Å². The van der Waals surface area contributed by atoms with Crippen molar-refractivity contribution in [2.45, 2.75) is 6.42 Å². The normalized spacial score (nSPS) is 10.5. The standard InChI is InChI=1S/C14H22ClN3O3/c1-20-8-3-6-18(7-9-21-2)14(19)12-10-11(15)4-5-13(12)17-16/h4-5,10,17H,3,6-9,16H2,1-2H3. The van der Waals surface area contributed by atoms with E-state index in [0.717, 1.165) is 6.42 Å². The van der Waals surface area contributed by atoms with E-state index in [1.807, 2.05) is 0 Å². The van der Waals surface area contributed by atoms with Gasteiger partial charge in [0.05, 0.1) is 17.9 Å². The number of nitrogens with two attached hydrogens (primary N) is 1. The lowest BCUT2D eigenvalue weighted by atomic mass is 10.1. The summed E-state index contributed by atoms with van der Waals surface area (Å²) in [6.07, 6.45) is 0.748. The first-order chi connectivity index (χ1) is 10.1. The van der Waals surface area contributed by atoms with E-state index < -0.39 is 0 Å². The Bertz CT molecular complexity index is 457. The van der Waals surface area contributed by atoms with Crippen LogP contribution < -0.4 is 11.3 Å². The first-order valence-corrected chi connectivity index (χ1v) is 7.05. The molecule has 118 valence electrons. The highest BCUT2D eigenvalue weighted by Gasteiger charge is 2.18. The van der Waals surface area contributed by atoms with Crippen LogP contribution in [0.3, 0.4) is 0 Å². The zero-order chi connectivity index (χ0) is 15.7. The SMILES string of the molecule is COCCCN(CCOC)C(=O)c1cc(Cl)ccc1NN. The molecule has 0 bridgehead atoms. The van der Waals surface area contributed by atoms with Crippen molar-refractivity contribution in [3.63, 3.8) is 0 Å². The molecule has 0 fully saturated rings. The van der Waals surface area contributed by atoms with Crippen LogP contribution in [-0.4, -0.2) is 51.3 Å². The van der Waals surface area contributed by atoms with Crippen molar-refractivity contribution < 1.29 is 14.3 Å².